The number of aromatic nitrogens is 1. The van der Waals surface area contributed by atoms with Gasteiger partial charge in [0.2, 0.25) is 0 Å². The molecular formula is C17H14N4O3. The Morgan fingerprint density at radius 3 is 2.75 bits per heavy atom. The number of hydrazone groups is 1. The molecule has 0 saturated heterocycles. The van der Waals surface area contributed by atoms with Crippen molar-refractivity contribution >= 4 is 28.5 Å². The standard InChI is InChI=1S/C17H14N4O3/c1-24-16-8-6-12-4-2-3-5-14(12)15(16)11-19-20-17-9-7-13(10-18-17)21(22)23/h2-11H,1H3,(H,18,20)/b19-11-. The number of pyridine rings is 1. The van der Waals surface area contributed by atoms with E-state index < -0.39 is 4.92 Å². The Balaban J connectivity index is 1.86. The van der Waals surface area contributed by atoms with E-state index in [2.05, 4.69) is 15.5 Å². The fraction of sp³-hybridized carbons (Fsp3) is 0.0588. The van der Waals surface area contributed by atoms with Crippen LogP contribution in [0.1, 0.15) is 5.56 Å². The summed E-state index contributed by atoms with van der Waals surface area (Å²) in [7, 11) is 1.60. The second-order valence-corrected chi connectivity index (χ2v) is 4.93. The Bertz CT molecular complexity index is 907. The van der Waals surface area contributed by atoms with Gasteiger partial charge in [0.1, 0.15) is 17.8 Å². The number of hydrogen-bond acceptors (Lipinski definition) is 6. The van der Waals surface area contributed by atoms with Crippen molar-refractivity contribution in [2.75, 3.05) is 12.5 Å². The molecule has 7 heteroatoms. The third kappa shape index (κ3) is 3.14. The van der Waals surface area contributed by atoms with E-state index in [0.717, 1.165) is 16.3 Å². The molecular weight excluding hydrogens is 308 g/mol. The fourth-order valence-electron chi connectivity index (χ4n) is 2.31. The highest BCUT2D eigenvalue weighted by Crippen LogP contribution is 2.26. The summed E-state index contributed by atoms with van der Waals surface area (Å²) in [4.78, 5) is 14.0. The smallest absolute Gasteiger partial charge is 0.287 e. The molecule has 0 spiro atoms. The molecule has 3 rings (SSSR count). The summed E-state index contributed by atoms with van der Waals surface area (Å²) in [6.45, 7) is 0. The molecule has 3 aromatic rings. The average molecular weight is 322 g/mol. The number of nitrogens with zero attached hydrogens (tertiary/aromatic N) is 3. The molecule has 0 aliphatic rings. The van der Waals surface area contributed by atoms with E-state index in [1.165, 1.54) is 18.3 Å². The molecule has 120 valence electrons. The summed E-state index contributed by atoms with van der Waals surface area (Å²) in [5.41, 5.74) is 3.52. The van der Waals surface area contributed by atoms with Gasteiger partial charge in [0, 0.05) is 11.6 Å². The number of benzene rings is 2. The molecule has 24 heavy (non-hydrogen) atoms. The van der Waals surface area contributed by atoms with Crippen LogP contribution in [0.25, 0.3) is 10.8 Å². The van der Waals surface area contributed by atoms with Crippen LogP contribution in [0.5, 0.6) is 5.75 Å². The lowest BCUT2D eigenvalue weighted by atomic mass is 10.0. The predicted molar refractivity (Wildman–Crippen MR) is 92.6 cm³/mol. The number of ether oxygens (including phenoxy) is 1. The number of nitro groups is 1. The van der Waals surface area contributed by atoms with E-state index in [1.807, 2.05) is 36.4 Å². The predicted octanol–water partition coefficient (Wildman–Crippen LogP) is 3.60. The summed E-state index contributed by atoms with van der Waals surface area (Å²) in [5.74, 6) is 1.12. The van der Waals surface area contributed by atoms with Gasteiger partial charge in [-0.3, -0.25) is 15.5 Å². The largest absolute Gasteiger partial charge is 0.496 e. The molecule has 2 aromatic carbocycles. The quantitative estimate of drug-likeness (QED) is 0.440. The SMILES string of the molecule is COc1ccc2ccccc2c1/C=N\Nc1ccc([N+](=O)[O-])cn1. The van der Waals surface area contributed by atoms with E-state index in [4.69, 9.17) is 4.74 Å². The van der Waals surface area contributed by atoms with E-state index in [0.29, 0.717) is 11.6 Å². The van der Waals surface area contributed by atoms with Gasteiger partial charge in [0.15, 0.2) is 0 Å². The van der Waals surface area contributed by atoms with Crippen LogP contribution in [0.3, 0.4) is 0 Å². The van der Waals surface area contributed by atoms with E-state index in [9.17, 15) is 10.1 Å². The summed E-state index contributed by atoms with van der Waals surface area (Å²) >= 11 is 0. The van der Waals surface area contributed by atoms with Gasteiger partial charge in [0.25, 0.3) is 5.69 Å². The van der Waals surface area contributed by atoms with Crippen LogP contribution in [0, 0.1) is 10.1 Å². The third-order valence-electron chi connectivity index (χ3n) is 3.48. The van der Waals surface area contributed by atoms with Gasteiger partial charge >= 0.3 is 0 Å². The maximum Gasteiger partial charge on any atom is 0.287 e. The van der Waals surface area contributed by atoms with E-state index in [-0.39, 0.29) is 5.69 Å². The summed E-state index contributed by atoms with van der Waals surface area (Å²) in [6.07, 6.45) is 2.82. The highest BCUT2D eigenvalue weighted by molar-refractivity contribution is 6.02. The van der Waals surface area contributed by atoms with Crippen LogP contribution >= 0.6 is 0 Å². The van der Waals surface area contributed by atoms with Gasteiger partial charge in [-0.15, -0.1) is 0 Å². The molecule has 0 saturated carbocycles. The molecule has 0 amide bonds. The van der Waals surface area contributed by atoms with Crippen molar-refractivity contribution in [1.82, 2.24) is 4.98 Å². The first-order valence-electron chi connectivity index (χ1n) is 7.14. The maximum atomic E-state index is 10.6. The summed E-state index contributed by atoms with van der Waals surface area (Å²) in [6, 6.07) is 14.6. The molecule has 1 aromatic heterocycles. The number of hydrogen-bond donors (Lipinski definition) is 1. The van der Waals surface area contributed by atoms with Crippen molar-refractivity contribution in [3.8, 4) is 5.75 Å². The lowest BCUT2D eigenvalue weighted by molar-refractivity contribution is -0.385. The van der Waals surface area contributed by atoms with Crippen molar-refractivity contribution < 1.29 is 9.66 Å². The first-order chi connectivity index (χ1) is 11.7. The topological polar surface area (TPSA) is 89.6 Å². The van der Waals surface area contributed by atoms with Gasteiger partial charge < -0.3 is 4.74 Å². The van der Waals surface area contributed by atoms with Gasteiger partial charge in [-0.2, -0.15) is 5.10 Å². The molecule has 0 atom stereocenters. The summed E-state index contributed by atoms with van der Waals surface area (Å²) in [5, 5.41) is 16.9. The van der Waals surface area contributed by atoms with Crippen LogP contribution in [0.2, 0.25) is 0 Å². The number of anilines is 1. The molecule has 1 heterocycles. The van der Waals surface area contributed by atoms with E-state index in [1.54, 1.807) is 13.3 Å². The Morgan fingerprint density at radius 1 is 1.21 bits per heavy atom. The van der Waals surface area contributed by atoms with Crippen molar-refractivity contribution in [1.29, 1.82) is 0 Å². The minimum Gasteiger partial charge on any atom is -0.496 e. The molecule has 0 aliphatic carbocycles. The zero-order chi connectivity index (χ0) is 16.9. The normalized spacial score (nSPS) is 10.9. The zero-order valence-electron chi connectivity index (χ0n) is 12.8. The molecule has 0 bridgehead atoms. The molecule has 1 N–H and O–H groups in total. The fourth-order valence-corrected chi connectivity index (χ4v) is 2.31. The number of methoxy groups -OCH3 is 1. The molecule has 0 unspecified atom stereocenters. The number of nitrogens with one attached hydrogen (secondary N) is 1. The van der Waals surface area contributed by atoms with Crippen molar-refractivity contribution in [3.63, 3.8) is 0 Å². The van der Waals surface area contributed by atoms with Gasteiger partial charge in [-0.1, -0.05) is 30.3 Å². The first kappa shape index (κ1) is 15.4. The van der Waals surface area contributed by atoms with Crippen LogP contribution in [0.4, 0.5) is 11.5 Å². The molecule has 0 radical (unpaired) electrons. The molecule has 0 aliphatic heterocycles. The second-order valence-electron chi connectivity index (χ2n) is 4.93. The van der Waals surface area contributed by atoms with E-state index >= 15 is 0 Å². The monoisotopic (exact) mass is 322 g/mol. The Labute approximate surface area is 137 Å². The Kier molecular flexibility index (Phi) is 4.33. The molecule has 7 nitrogen and oxygen atoms in total. The van der Waals surface area contributed by atoms with Crippen molar-refractivity contribution in [2.24, 2.45) is 5.10 Å². The van der Waals surface area contributed by atoms with Crippen molar-refractivity contribution in [3.05, 3.63) is 70.4 Å². The zero-order valence-corrected chi connectivity index (χ0v) is 12.8. The first-order valence-corrected chi connectivity index (χ1v) is 7.14. The average Bonchev–Trinajstić information content (AvgIpc) is 2.62. The van der Waals surface area contributed by atoms with Crippen LogP contribution in [-0.2, 0) is 0 Å². The Morgan fingerprint density at radius 2 is 2.04 bits per heavy atom. The number of rotatable bonds is 5. The lowest BCUT2D eigenvalue weighted by Gasteiger charge is -2.08. The minimum absolute atomic E-state index is 0.0692. The van der Waals surface area contributed by atoms with Crippen LogP contribution in [-0.4, -0.2) is 23.2 Å². The Hall–Kier alpha value is -3.48. The van der Waals surface area contributed by atoms with Gasteiger partial charge in [0.05, 0.1) is 18.2 Å². The highest BCUT2D eigenvalue weighted by atomic mass is 16.6. The second kappa shape index (κ2) is 6.74. The maximum absolute atomic E-state index is 10.6. The van der Waals surface area contributed by atoms with Crippen LogP contribution < -0.4 is 10.2 Å². The number of fused-ring (bicyclic) bond motifs is 1. The lowest BCUT2D eigenvalue weighted by Crippen LogP contribution is -1.97. The van der Waals surface area contributed by atoms with Gasteiger partial charge in [-0.05, 0) is 22.9 Å². The van der Waals surface area contributed by atoms with Gasteiger partial charge in [-0.25, -0.2) is 4.98 Å². The van der Waals surface area contributed by atoms with Crippen LogP contribution in [0.15, 0.2) is 59.8 Å². The highest BCUT2D eigenvalue weighted by Gasteiger charge is 2.06. The third-order valence-corrected chi connectivity index (χ3v) is 3.48. The summed E-state index contributed by atoms with van der Waals surface area (Å²) < 4.78 is 5.39. The van der Waals surface area contributed by atoms with Crippen molar-refractivity contribution in [2.45, 2.75) is 0 Å². The molecule has 0 fully saturated rings. The minimum atomic E-state index is -0.499.